The van der Waals surface area contributed by atoms with Crippen molar-refractivity contribution >= 4 is 11.9 Å². The maximum atomic E-state index is 11.6. The van der Waals surface area contributed by atoms with Crippen LogP contribution in [0.4, 0.5) is 0 Å². The van der Waals surface area contributed by atoms with Crippen LogP contribution in [0.15, 0.2) is 10.2 Å². The zero-order valence-electron chi connectivity index (χ0n) is 13.2. The van der Waals surface area contributed by atoms with Crippen molar-refractivity contribution in [2.45, 2.75) is 71.9 Å². The van der Waals surface area contributed by atoms with Gasteiger partial charge in [0.2, 0.25) is 0 Å². The van der Waals surface area contributed by atoms with Crippen molar-refractivity contribution in [2.75, 3.05) is 0 Å². The first-order valence-corrected chi connectivity index (χ1v) is 6.87. The minimum Gasteiger partial charge on any atom is -0.479 e. The Kier molecular flexibility index (Phi) is 5.86. The van der Waals surface area contributed by atoms with Gasteiger partial charge in [-0.15, -0.1) is 0 Å². The van der Waals surface area contributed by atoms with Crippen LogP contribution in [0.2, 0.25) is 0 Å². The van der Waals surface area contributed by atoms with Gasteiger partial charge in [0.25, 0.3) is 0 Å². The lowest BCUT2D eigenvalue weighted by molar-refractivity contribution is -0.149. The van der Waals surface area contributed by atoms with Crippen molar-refractivity contribution in [2.24, 2.45) is 15.6 Å². The predicted molar refractivity (Wildman–Crippen MR) is 75.9 cm³/mol. The summed E-state index contributed by atoms with van der Waals surface area (Å²) in [5, 5.41) is 26.6. The molecule has 0 aliphatic carbocycles. The minimum atomic E-state index is -1.45. The Morgan fingerprint density at radius 3 is 1.75 bits per heavy atom. The van der Waals surface area contributed by atoms with E-state index in [0.29, 0.717) is 19.3 Å². The molecule has 6 nitrogen and oxygen atoms in total. The van der Waals surface area contributed by atoms with Gasteiger partial charge in [-0.1, -0.05) is 34.1 Å². The molecule has 2 atom stereocenters. The summed E-state index contributed by atoms with van der Waals surface area (Å²) in [5.41, 5.74) is -3.46. The molecule has 0 radical (unpaired) electrons. The molecule has 0 aliphatic heterocycles. The third-order valence-electron chi connectivity index (χ3n) is 4.29. The van der Waals surface area contributed by atoms with Crippen molar-refractivity contribution in [3.8, 4) is 0 Å². The Morgan fingerprint density at radius 2 is 1.45 bits per heavy atom. The normalized spacial score (nSPS) is 18.5. The Labute approximate surface area is 120 Å². The fourth-order valence-electron chi connectivity index (χ4n) is 1.71. The van der Waals surface area contributed by atoms with Crippen molar-refractivity contribution in [1.29, 1.82) is 0 Å². The van der Waals surface area contributed by atoms with Crippen LogP contribution in [0.5, 0.6) is 0 Å². The number of carboxylic acid groups (broad SMARTS) is 2. The molecule has 116 valence electrons. The van der Waals surface area contributed by atoms with Gasteiger partial charge >= 0.3 is 11.9 Å². The molecule has 0 saturated heterocycles. The van der Waals surface area contributed by atoms with Crippen LogP contribution >= 0.6 is 0 Å². The van der Waals surface area contributed by atoms with Crippen LogP contribution in [0.3, 0.4) is 0 Å². The first kappa shape index (κ1) is 18.5. The average molecular weight is 286 g/mol. The summed E-state index contributed by atoms with van der Waals surface area (Å²) in [6.07, 6.45) is 1.53. The van der Waals surface area contributed by atoms with Gasteiger partial charge in [-0.25, -0.2) is 9.59 Å². The molecule has 0 bridgehead atoms. The Balaban J connectivity index is 5.64. The summed E-state index contributed by atoms with van der Waals surface area (Å²) in [7, 11) is 0. The fraction of sp³-hybridized carbons (Fsp3) is 0.857. The minimum absolute atomic E-state index is 0.314. The molecule has 0 saturated carbocycles. The van der Waals surface area contributed by atoms with E-state index in [1.807, 2.05) is 13.8 Å². The van der Waals surface area contributed by atoms with Crippen LogP contribution < -0.4 is 0 Å². The molecule has 0 rings (SSSR count). The Morgan fingerprint density at radius 1 is 0.950 bits per heavy atom. The molecule has 2 unspecified atom stereocenters. The summed E-state index contributed by atoms with van der Waals surface area (Å²) < 4.78 is 0. The third-order valence-corrected chi connectivity index (χ3v) is 4.29. The Bertz CT molecular complexity index is 406. The van der Waals surface area contributed by atoms with Crippen LogP contribution in [0, 0.1) is 5.41 Å². The van der Waals surface area contributed by atoms with Crippen LogP contribution in [0.1, 0.15) is 60.8 Å². The maximum absolute atomic E-state index is 11.6. The fourth-order valence-corrected chi connectivity index (χ4v) is 1.71. The van der Waals surface area contributed by atoms with E-state index in [-0.39, 0.29) is 0 Å². The summed E-state index contributed by atoms with van der Waals surface area (Å²) >= 11 is 0. The van der Waals surface area contributed by atoms with Crippen molar-refractivity contribution in [3.63, 3.8) is 0 Å². The lowest BCUT2D eigenvalue weighted by Crippen LogP contribution is -2.47. The second-order valence-electron chi connectivity index (χ2n) is 6.14. The first-order valence-electron chi connectivity index (χ1n) is 6.87. The van der Waals surface area contributed by atoms with Gasteiger partial charge in [-0.3, -0.25) is 0 Å². The molecule has 0 aromatic rings. The highest BCUT2D eigenvalue weighted by Gasteiger charge is 2.48. The number of azo groups is 1. The summed E-state index contributed by atoms with van der Waals surface area (Å²) in [5.74, 6) is -2.19. The molecular formula is C14H26N2O4. The van der Waals surface area contributed by atoms with E-state index in [1.165, 1.54) is 13.8 Å². The van der Waals surface area contributed by atoms with E-state index in [2.05, 4.69) is 10.2 Å². The smallest absolute Gasteiger partial charge is 0.333 e. The van der Waals surface area contributed by atoms with Crippen LogP contribution in [0.25, 0.3) is 0 Å². The van der Waals surface area contributed by atoms with E-state index in [4.69, 9.17) is 0 Å². The van der Waals surface area contributed by atoms with Gasteiger partial charge in [0.15, 0.2) is 11.1 Å². The Hall–Kier alpha value is -1.46. The zero-order valence-corrected chi connectivity index (χ0v) is 13.2. The third kappa shape index (κ3) is 3.55. The van der Waals surface area contributed by atoms with E-state index >= 15 is 0 Å². The van der Waals surface area contributed by atoms with E-state index < -0.39 is 28.4 Å². The molecule has 0 heterocycles. The second-order valence-corrected chi connectivity index (χ2v) is 6.14. The number of hydrogen-bond donors (Lipinski definition) is 2. The standard InChI is InChI=1S/C14H26N2O4/c1-7-9-13(5,10(17)18)15-16-14(6,11(19)20)12(3,4)8-2/h7-9H2,1-6H3,(H,17,18)(H,19,20). The van der Waals surface area contributed by atoms with Crippen molar-refractivity contribution in [1.82, 2.24) is 0 Å². The highest BCUT2D eigenvalue weighted by molar-refractivity contribution is 5.80. The van der Waals surface area contributed by atoms with Crippen LogP contribution in [-0.4, -0.2) is 33.2 Å². The maximum Gasteiger partial charge on any atom is 0.333 e. The van der Waals surface area contributed by atoms with E-state index in [9.17, 15) is 19.8 Å². The highest BCUT2D eigenvalue weighted by Crippen LogP contribution is 2.38. The summed E-state index contributed by atoms with van der Waals surface area (Å²) in [4.78, 5) is 22.9. The molecule has 0 aliphatic rings. The quantitative estimate of drug-likeness (QED) is 0.668. The van der Waals surface area contributed by atoms with Gasteiger partial charge in [-0.05, 0) is 26.7 Å². The van der Waals surface area contributed by atoms with Gasteiger partial charge in [0.05, 0.1) is 0 Å². The topological polar surface area (TPSA) is 99.3 Å². The number of nitrogens with zero attached hydrogens (tertiary/aromatic N) is 2. The number of carbonyl (C=O) groups is 2. The van der Waals surface area contributed by atoms with Crippen molar-refractivity contribution < 1.29 is 19.8 Å². The molecule has 0 fully saturated rings. The van der Waals surface area contributed by atoms with E-state index in [1.54, 1.807) is 13.8 Å². The average Bonchev–Trinajstić information content (AvgIpc) is 2.35. The second kappa shape index (κ2) is 6.33. The molecular weight excluding hydrogens is 260 g/mol. The predicted octanol–water partition coefficient (Wildman–Crippen LogP) is 3.36. The van der Waals surface area contributed by atoms with Crippen LogP contribution in [-0.2, 0) is 9.59 Å². The number of rotatable bonds is 8. The molecule has 0 aromatic heterocycles. The zero-order chi connectivity index (χ0) is 16.2. The van der Waals surface area contributed by atoms with E-state index in [0.717, 1.165) is 0 Å². The van der Waals surface area contributed by atoms with Gasteiger partial charge in [0.1, 0.15) is 0 Å². The number of carboxylic acids is 2. The number of hydrogen-bond acceptors (Lipinski definition) is 4. The first-order chi connectivity index (χ1) is 8.97. The van der Waals surface area contributed by atoms with Gasteiger partial charge in [-0.2, -0.15) is 10.2 Å². The van der Waals surface area contributed by atoms with Crippen molar-refractivity contribution in [3.05, 3.63) is 0 Å². The molecule has 0 aromatic carbocycles. The molecule has 6 heteroatoms. The monoisotopic (exact) mass is 286 g/mol. The molecule has 0 spiro atoms. The van der Waals surface area contributed by atoms with Gasteiger partial charge in [0, 0.05) is 5.41 Å². The lowest BCUT2D eigenvalue weighted by Gasteiger charge is -2.36. The SMILES string of the molecule is CCCC(C)(N=NC(C)(C(=O)O)C(C)(C)CC)C(=O)O. The highest BCUT2D eigenvalue weighted by atomic mass is 16.4. The summed E-state index contributed by atoms with van der Waals surface area (Å²) in [6, 6.07) is 0. The number of aliphatic carboxylic acids is 2. The largest absolute Gasteiger partial charge is 0.479 e. The lowest BCUT2D eigenvalue weighted by atomic mass is 9.72. The molecule has 0 amide bonds. The summed E-state index contributed by atoms with van der Waals surface area (Å²) in [6.45, 7) is 10.2. The molecule has 2 N–H and O–H groups in total. The van der Waals surface area contributed by atoms with Gasteiger partial charge < -0.3 is 10.2 Å². The molecule has 20 heavy (non-hydrogen) atoms.